The largest absolute Gasteiger partial charge is 0.399 e. The van der Waals surface area contributed by atoms with Gasteiger partial charge in [-0.25, -0.2) is 0 Å². The summed E-state index contributed by atoms with van der Waals surface area (Å²) in [6.07, 6.45) is 0. The molecule has 17 heavy (non-hydrogen) atoms. The number of nitrogens with one attached hydrogen (secondary N) is 1. The summed E-state index contributed by atoms with van der Waals surface area (Å²) in [5, 5.41) is 3.27. The third-order valence-electron chi connectivity index (χ3n) is 2.06. The van der Waals surface area contributed by atoms with E-state index in [0.29, 0.717) is 10.7 Å². The van der Waals surface area contributed by atoms with E-state index >= 15 is 0 Å². The molecule has 0 heterocycles. The van der Waals surface area contributed by atoms with Crippen LogP contribution < -0.4 is 11.1 Å². The van der Waals surface area contributed by atoms with Gasteiger partial charge in [-0.1, -0.05) is 11.6 Å². The number of hydrogen-bond acceptors (Lipinski definition) is 3. The smallest absolute Gasteiger partial charge is 0.233 e. The number of thioether (sulfide) groups is 1. The molecule has 0 saturated heterocycles. The van der Waals surface area contributed by atoms with Gasteiger partial charge in [0, 0.05) is 16.6 Å². The molecule has 0 aliphatic rings. The Morgan fingerprint density at radius 2 is 2.06 bits per heavy atom. The van der Waals surface area contributed by atoms with Crippen molar-refractivity contribution >= 4 is 35.0 Å². The number of anilines is 1. The summed E-state index contributed by atoms with van der Waals surface area (Å²) in [4.78, 5) is 12.6. The fourth-order valence-corrected chi connectivity index (χ4v) is 2.46. The van der Waals surface area contributed by atoms with Crippen molar-refractivity contribution in [3.8, 4) is 0 Å². The summed E-state index contributed by atoms with van der Waals surface area (Å²) in [6.45, 7) is 5.73. The average molecular weight is 273 g/mol. The summed E-state index contributed by atoms with van der Waals surface area (Å²) in [6, 6.07) is 5.45. The third kappa shape index (κ3) is 4.48. The van der Waals surface area contributed by atoms with Crippen molar-refractivity contribution in [3.63, 3.8) is 0 Å². The zero-order valence-corrected chi connectivity index (χ0v) is 11.7. The SMILES string of the molecule is CC(C)NC(=O)C(C)Sc1ccc(N)cc1Cl. The summed E-state index contributed by atoms with van der Waals surface area (Å²) < 4.78 is 0. The molecule has 1 unspecified atom stereocenters. The molecular formula is C12H17ClN2OS. The lowest BCUT2D eigenvalue weighted by molar-refractivity contribution is -0.120. The second kappa shape index (κ2) is 6.17. The van der Waals surface area contributed by atoms with Crippen molar-refractivity contribution in [2.45, 2.75) is 37.0 Å². The molecule has 0 aliphatic heterocycles. The molecule has 0 spiro atoms. The first-order valence-electron chi connectivity index (χ1n) is 5.42. The molecule has 1 aromatic rings. The standard InChI is InChI=1S/C12H17ClN2OS/c1-7(2)15-12(16)8(3)17-11-5-4-9(14)6-10(11)13/h4-8H,14H2,1-3H3,(H,15,16). The van der Waals surface area contributed by atoms with Crippen LogP contribution in [0.3, 0.4) is 0 Å². The fourth-order valence-electron chi connectivity index (χ4n) is 1.26. The normalized spacial score (nSPS) is 12.5. The Hall–Kier alpha value is -0.870. The molecule has 3 N–H and O–H groups in total. The molecule has 3 nitrogen and oxygen atoms in total. The monoisotopic (exact) mass is 272 g/mol. The van der Waals surface area contributed by atoms with Crippen LogP contribution in [0.2, 0.25) is 5.02 Å². The molecular weight excluding hydrogens is 256 g/mol. The fraction of sp³-hybridized carbons (Fsp3) is 0.417. The van der Waals surface area contributed by atoms with Gasteiger partial charge in [0.2, 0.25) is 5.91 Å². The predicted octanol–water partition coefficient (Wildman–Crippen LogP) is 2.93. The lowest BCUT2D eigenvalue weighted by Crippen LogP contribution is -2.35. The minimum atomic E-state index is -0.182. The number of hydrogen-bond donors (Lipinski definition) is 2. The van der Waals surface area contributed by atoms with E-state index in [1.807, 2.05) is 26.8 Å². The average Bonchev–Trinajstić information content (AvgIpc) is 2.21. The Morgan fingerprint density at radius 1 is 1.41 bits per heavy atom. The summed E-state index contributed by atoms with van der Waals surface area (Å²) in [7, 11) is 0. The zero-order valence-electron chi connectivity index (χ0n) is 10.2. The van der Waals surface area contributed by atoms with E-state index in [1.165, 1.54) is 11.8 Å². The van der Waals surface area contributed by atoms with Gasteiger partial charge >= 0.3 is 0 Å². The van der Waals surface area contributed by atoms with Crippen LogP contribution in [0.1, 0.15) is 20.8 Å². The molecule has 0 radical (unpaired) electrons. The molecule has 0 fully saturated rings. The molecule has 0 aliphatic carbocycles. The van der Waals surface area contributed by atoms with E-state index < -0.39 is 0 Å². The molecule has 0 saturated carbocycles. The molecule has 1 amide bonds. The lowest BCUT2D eigenvalue weighted by Gasteiger charge is -2.14. The minimum Gasteiger partial charge on any atom is -0.399 e. The number of benzene rings is 1. The van der Waals surface area contributed by atoms with Crippen LogP contribution in [-0.4, -0.2) is 17.2 Å². The highest BCUT2D eigenvalue weighted by Crippen LogP contribution is 2.31. The molecule has 1 atom stereocenters. The first-order chi connectivity index (χ1) is 7.90. The van der Waals surface area contributed by atoms with E-state index in [-0.39, 0.29) is 17.2 Å². The zero-order chi connectivity index (χ0) is 13.0. The van der Waals surface area contributed by atoms with Crippen LogP contribution in [0.4, 0.5) is 5.69 Å². The number of halogens is 1. The number of carbonyl (C=O) groups is 1. The van der Waals surface area contributed by atoms with Gasteiger partial charge in [0.1, 0.15) is 0 Å². The van der Waals surface area contributed by atoms with Gasteiger partial charge in [0.25, 0.3) is 0 Å². The predicted molar refractivity (Wildman–Crippen MR) is 74.5 cm³/mol. The van der Waals surface area contributed by atoms with Gasteiger partial charge in [0.05, 0.1) is 10.3 Å². The highest BCUT2D eigenvalue weighted by Gasteiger charge is 2.16. The van der Waals surface area contributed by atoms with Gasteiger partial charge in [-0.3, -0.25) is 4.79 Å². The Morgan fingerprint density at radius 3 is 2.59 bits per heavy atom. The first-order valence-corrected chi connectivity index (χ1v) is 6.68. The second-order valence-corrected chi connectivity index (χ2v) is 5.90. The Balaban J connectivity index is 2.67. The Labute approximate surface area is 111 Å². The van der Waals surface area contributed by atoms with Crippen LogP contribution >= 0.6 is 23.4 Å². The Bertz CT molecular complexity index is 409. The van der Waals surface area contributed by atoms with Crippen molar-refractivity contribution in [2.75, 3.05) is 5.73 Å². The molecule has 1 rings (SSSR count). The maximum absolute atomic E-state index is 11.7. The van der Waals surface area contributed by atoms with Gasteiger partial charge in [-0.15, -0.1) is 11.8 Å². The lowest BCUT2D eigenvalue weighted by atomic mass is 10.3. The number of rotatable bonds is 4. The van der Waals surface area contributed by atoms with Crippen molar-refractivity contribution in [2.24, 2.45) is 0 Å². The first kappa shape index (κ1) is 14.2. The van der Waals surface area contributed by atoms with Crippen LogP contribution in [-0.2, 0) is 4.79 Å². The maximum atomic E-state index is 11.7. The number of nitrogens with two attached hydrogens (primary N) is 1. The van der Waals surface area contributed by atoms with Gasteiger partial charge in [-0.2, -0.15) is 0 Å². The Kier molecular flexibility index (Phi) is 5.15. The third-order valence-corrected chi connectivity index (χ3v) is 3.66. The van der Waals surface area contributed by atoms with E-state index in [1.54, 1.807) is 12.1 Å². The van der Waals surface area contributed by atoms with Gasteiger partial charge < -0.3 is 11.1 Å². The second-order valence-electron chi connectivity index (χ2n) is 4.11. The molecule has 5 heteroatoms. The molecule has 0 aromatic heterocycles. The number of carbonyl (C=O) groups excluding carboxylic acids is 1. The van der Waals surface area contributed by atoms with Crippen LogP contribution in [0.5, 0.6) is 0 Å². The number of nitrogen functional groups attached to an aromatic ring is 1. The number of amides is 1. The molecule has 0 bridgehead atoms. The van der Waals surface area contributed by atoms with Crippen LogP contribution in [0.15, 0.2) is 23.1 Å². The molecule has 94 valence electrons. The minimum absolute atomic E-state index is 0.0119. The molecule has 1 aromatic carbocycles. The van der Waals surface area contributed by atoms with E-state index in [9.17, 15) is 4.79 Å². The van der Waals surface area contributed by atoms with E-state index in [2.05, 4.69) is 5.32 Å². The van der Waals surface area contributed by atoms with Crippen molar-refractivity contribution in [1.29, 1.82) is 0 Å². The van der Waals surface area contributed by atoms with Crippen molar-refractivity contribution < 1.29 is 4.79 Å². The quantitative estimate of drug-likeness (QED) is 0.655. The van der Waals surface area contributed by atoms with E-state index in [0.717, 1.165) is 4.90 Å². The summed E-state index contributed by atoms with van der Waals surface area (Å²) in [5.41, 5.74) is 6.23. The van der Waals surface area contributed by atoms with Crippen molar-refractivity contribution in [1.82, 2.24) is 5.32 Å². The van der Waals surface area contributed by atoms with Crippen LogP contribution in [0.25, 0.3) is 0 Å². The van der Waals surface area contributed by atoms with Gasteiger partial charge in [-0.05, 0) is 39.0 Å². The highest BCUT2D eigenvalue weighted by atomic mass is 35.5. The van der Waals surface area contributed by atoms with Crippen LogP contribution in [0, 0.1) is 0 Å². The highest BCUT2D eigenvalue weighted by molar-refractivity contribution is 8.00. The summed E-state index contributed by atoms with van der Waals surface area (Å²) >= 11 is 7.48. The van der Waals surface area contributed by atoms with Crippen molar-refractivity contribution in [3.05, 3.63) is 23.2 Å². The topological polar surface area (TPSA) is 55.1 Å². The maximum Gasteiger partial charge on any atom is 0.233 e. The summed E-state index contributed by atoms with van der Waals surface area (Å²) in [5.74, 6) is 0.0119. The van der Waals surface area contributed by atoms with E-state index in [4.69, 9.17) is 17.3 Å². The van der Waals surface area contributed by atoms with Gasteiger partial charge in [0.15, 0.2) is 0 Å².